The number of thiol groups is 1. The van der Waals surface area contributed by atoms with Crippen LogP contribution in [0.5, 0.6) is 0 Å². The Morgan fingerprint density at radius 1 is 1.15 bits per heavy atom. The van der Waals surface area contributed by atoms with E-state index in [4.69, 9.17) is 17.0 Å². The van der Waals surface area contributed by atoms with Gasteiger partial charge in [0, 0.05) is 33.8 Å². The van der Waals surface area contributed by atoms with Crippen molar-refractivity contribution in [2.75, 3.05) is 0 Å². The molecule has 0 saturated carbocycles. The van der Waals surface area contributed by atoms with Crippen molar-refractivity contribution in [1.82, 2.24) is 4.37 Å². The number of benzene rings is 2. The molecule has 27 heavy (non-hydrogen) atoms. The first-order chi connectivity index (χ1) is 13.1. The third-order valence-electron chi connectivity index (χ3n) is 4.81. The van der Waals surface area contributed by atoms with Crippen LogP contribution in [0.25, 0.3) is 22.4 Å². The van der Waals surface area contributed by atoms with Gasteiger partial charge in [-0.1, -0.05) is 32.6 Å². The first-order valence-corrected chi connectivity index (χ1v) is 10.4. The van der Waals surface area contributed by atoms with E-state index in [1.807, 2.05) is 6.21 Å². The lowest BCUT2D eigenvalue weighted by Crippen LogP contribution is -1.95. The second-order valence-corrected chi connectivity index (χ2v) is 7.56. The molecule has 0 aliphatic heterocycles. The highest BCUT2D eigenvalue weighted by atomic mass is 32.1. The van der Waals surface area contributed by atoms with Crippen LogP contribution in [-0.4, -0.2) is 10.6 Å². The number of aryl methyl sites for hydroxylation is 2. The molecular weight excluding hydrogens is 368 g/mol. The molecule has 0 unspecified atom stereocenters. The Labute approximate surface area is 171 Å². The molecule has 0 radical (unpaired) electrons. The summed E-state index contributed by atoms with van der Waals surface area (Å²) in [4.78, 5) is 5.22. The Hall–Kier alpha value is -2.17. The minimum absolute atomic E-state index is 0.996. The SMILES string of the molecule is C=CN=Cc1cc(-c2csnc2-c2cc(S)c(CC)c(CC)c2)ccc1C. The Morgan fingerprint density at radius 3 is 2.67 bits per heavy atom. The summed E-state index contributed by atoms with van der Waals surface area (Å²) in [7, 11) is 0. The summed E-state index contributed by atoms with van der Waals surface area (Å²) in [5, 5.41) is 2.12. The van der Waals surface area contributed by atoms with Crippen LogP contribution in [0, 0.1) is 6.92 Å². The van der Waals surface area contributed by atoms with Crippen LogP contribution in [0.1, 0.15) is 36.1 Å². The summed E-state index contributed by atoms with van der Waals surface area (Å²) >= 11 is 6.23. The van der Waals surface area contributed by atoms with E-state index in [1.54, 1.807) is 6.20 Å². The molecule has 0 aliphatic carbocycles. The molecule has 3 rings (SSSR count). The fourth-order valence-electron chi connectivity index (χ4n) is 3.31. The van der Waals surface area contributed by atoms with Gasteiger partial charge in [-0.2, -0.15) is 4.37 Å². The van der Waals surface area contributed by atoms with Crippen molar-refractivity contribution in [3.8, 4) is 22.4 Å². The number of hydrogen-bond donors (Lipinski definition) is 1. The van der Waals surface area contributed by atoms with Crippen molar-refractivity contribution >= 4 is 30.4 Å². The Bertz CT molecular complexity index is 1000. The molecule has 3 aromatic rings. The lowest BCUT2D eigenvalue weighted by molar-refractivity contribution is 1.000. The molecule has 0 spiro atoms. The smallest absolute Gasteiger partial charge is 0.0919 e. The molecule has 138 valence electrons. The van der Waals surface area contributed by atoms with Crippen LogP contribution in [0.2, 0.25) is 0 Å². The van der Waals surface area contributed by atoms with Gasteiger partial charge in [-0.3, -0.25) is 4.99 Å². The molecule has 4 heteroatoms. The Morgan fingerprint density at radius 2 is 1.96 bits per heavy atom. The van der Waals surface area contributed by atoms with E-state index in [9.17, 15) is 0 Å². The topological polar surface area (TPSA) is 25.2 Å². The third-order valence-corrected chi connectivity index (χ3v) is 5.83. The zero-order chi connectivity index (χ0) is 19.4. The average molecular weight is 393 g/mol. The first-order valence-electron chi connectivity index (χ1n) is 9.13. The molecule has 0 bridgehead atoms. The summed E-state index contributed by atoms with van der Waals surface area (Å²) in [6.45, 7) is 10.1. The quantitative estimate of drug-likeness (QED) is 0.364. The first kappa shape index (κ1) is 19.6. The zero-order valence-corrected chi connectivity index (χ0v) is 17.7. The van der Waals surface area contributed by atoms with E-state index < -0.39 is 0 Å². The van der Waals surface area contributed by atoms with Crippen LogP contribution in [0.3, 0.4) is 0 Å². The van der Waals surface area contributed by atoms with Gasteiger partial charge in [-0.05, 0) is 77.3 Å². The maximum absolute atomic E-state index is 4.74. The number of hydrogen-bond acceptors (Lipinski definition) is 4. The highest BCUT2D eigenvalue weighted by Gasteiger charge is 2.15. The van der Waals surface area contributed by atoms with Gasteiger partial charge in [0.1, 0.15) is 0 Å². The van der Waals surface area contributed by atoms with Crippen molar-refractivity contribution < 1.29 is 0 Å². The molecule has 0 atom stereocenters. The number of rotatable bonds is 6. The lowest BCUT2D eigenvalue weighted by atomic mass is 9.95. The maximum atomic E-state index is 4.74. The van der Waals surface area contributed by atoms with E-state index in [0.29, 0.717) is 0 Å². The van der Waals surface area contributed by atoms with E-state index in [-0.39, 0.29) is 0 Å². The van der Waals surface area contributed by atoms with Gasteiger partial charge in [0.15, 0.2) is 0 Å². The third kappa shape index (κ3) is 4.07. The number of aliphatic imine (C=N–C) groups is 1. The van der Waals surface area contributed by atoms with E-state index >= 15 is 0 Å². The summed E-state index contributed by atoms with van der Waals surface area (Å²) < 4.78 is 4.71. The van der Waals surface area contributed by atoms with Crippen molar-refractivity contribution in [1.29, 1.82) is 0 Å². The fourth-order valence-corrected chi connectivity index (χ4v) is 4.46. The second-order valence-electron chi connectivity index (χ2n) is 6.45. The highest BCUT2D eigenvalue weighted by Crippen LogP contribution is 2.36. The van der Waals surface area contributed by atoms with Crippen molar-refractivity contribution in [2.24, 2.45) is 4.99 Å². The lowest BCUT2D eigenvalue weighted by Gasteiger charge is -2.13. The van der Waals surface area contributed by atoms with Gasteiger partial charge < -0.3 is 0 Å². The molecule has 1 heterocycles. The van der Waals surface area contributed by atoms with Crippen LogP contribution in [-0.2, 0) is 12.8 Å². The molecule has 1 aromatic heterocycles. The predicted molar refractivity (Wildman–Crippen MR) is 122 cm³/mol. The molecule has 0 aliphatic rings. The van der Waals surface area contributed by atoms with Gasteiger partial charge in [0.05, 0.1) is 5.69 Å². The summed E-state index contributed by atoms with van der Waals surface area (Å²) in [6, 6.07) is 10.9. The van der Waals surface area contributed by atoms with E-state index in [0.717, 1.165) is 45.7 Å². The van der Waals surface area contributed by atoms with Crippen molar-refractivity contribution in [3.63, 3.8) is 0 Å². The molecule has 0 N–H and O–H groups in total. The largest absolute Gasteiger partial charge is 0.265 e. The van der Waals surface area contributed by atoms with Crippen LogP contribution in [0.4, 0.5) is 0 Å². The molecule has 2 nitrogen and oxygen atoms in total. The fraction of sp³-hybridized carbons (Fsp3) is 0.217. The van der Waals surface area contributed by atoms with Gasteiger partial charge in [0.25, 0.3) is 0 Å². The summed E-state index contributed by atoms with van der Waals surface area (Å²) in [5.41, 5.74) is 9.40. The predicted octanol–water partition coefficient (Wildman–Crippen LogP) is 6.76. The standard InChI is InChI=1S/C23H24N2S2/c1-5-16-10-18(12-22(26)20(16)6-2)23-21(14-27-25-23)17-9-8-15(4)19(11-17)13-24-7-3/h7-14,26H,3,5-6H2,1-2,4H3. The maximum Gasteiger partial charge on any atom is 0.0919 e. The monoisotopic (exact) mass is 392 g/mol. The second kappa shape index (κ2) is 8.68. The van der Waals surface area contributed by atoms with Crippen LogP contribution < -0.4 is 0 Å². The van der Waals surface area contributed by atoms with Crippen LogP contribution in [0.15, 0.2) is 58.4 Å². The number of aromatic nitrogens is 1. The minimum Gasteiger partial charge on any atom is -0.265 e. The van der Waals surface area contributed by atoms with Crippen molar-refractivity contribution in [2.45, 2.75) is 38.5 Å². The Kier molecular flexibility index (Phi) is 6.30. The minimum atomic E-state index is 0.996. The van der Waals surface area contributed by atoms with Gasteiger partial charge in [0.2, 0.25) is 0 Å². The molecule has 0 saturated heterocycles. The van der Waals surface area contributed by atoms with Gasteiger partial charge >= 0.3 is 0 Å². The van der Waals surface area contributed by atoms with E-state index in [1.165, 1.54) is 28.2 Å². The normalized spacial score (nSPS) is 11.3. The molecule has 2 aromatic carbocycles. The zero-order valence-electron chi connectivity index (χ0n) is 16.0. The van der Waals surface area contributed by atoms with Crippen LogP contribution >= 0.6 is 24.2 Å². The summed E-state index contributed by atoms with van der Waals surface area (Å²) in [6.07, 6.45) is 5.40. The molecular formula is C23H24N2S2. The van der Waals surface area contributed by atoms with E-state index in [2.05, 4.69) is 68.1 Å². The summed E-state index contributed by atoms with van der Waals surface area (Å²) in [5.74, 6) is 0. The average Bonchev–Trinajstić information content (AvgIpc) is 3.16. The van der Waals surface area contributed by atoms with Crippen molar-refractivity contribution in [3.05, 3.63) is 70.7 Å². The molecule has 0 amide bonds. The highest BCUT2D eigenvalue weighted by molar-refractivity contribution is 7.80. The van der Waals surface area contributed by atoms with Gasteiger partial charge in [-0.25, -0.2) is 0 Å². The molecule has 0 fully saturated rings. The Balaban J connectivity index is 2.11. The number of nitrogens with zero attached hydrogens (tertiary/aromatic N) is 2. The van der Waals surface area contributed by atoms with Gasteiger partial charge in [-0.15, -0.1) is 12.6 Å².